The smallest absolute Gasteiger partial charge is 0.212 e. The Labute approximate surface area is 78.9 Å². The summed E-state index contributed by atoms with van der Waals surface area (Å²) in [7, 11) is 1.52. The summed E-state index contributed by atoms with van der Waals surface area (Å²) < 4.78 is 5.00. The lowest BCUT2D eigenvalue weighted by Crippen LogP contribution is -2.36. The zero-order valence-corrected chi connectivity index (χ0v) is 9.07. The summed E-state index contributed by atoms with van der Waals surface area (Å²) in [5.41, 5.74) is -0.355. The Morgan fingerprint density at radius 2 is 1.58 bits per heavy atom. The standard InChI is InChI=1S/C8H17ClO3/c1-7(2,3)11-12-8(4,6-9)10-5/h6H2,1-5H3. The van der Waals surface area contributed by atoms with E-state index in [2.05, 4.69) is 0 Å². The Bertz CT molecular complexity index is 127. The SMILES string of the molecule is COC(C)(CCl)OOC(C)(C)C. The van der Waals surface area contributed by atoms with E-state index in [0.717, 1.165) is 0 Å². The third-order valence-corrected chi connectivity index (χ3v) is 1.63. The zero-order valence-electron chi connectivity index (χ0n) is 8.31. The molecule has 0 saturated carbocycles. The van der Waals surface area contributed by atoms with Crippen molar-refractivity contribution in [3.8, 4) is 0 Å². The Hall–Kier alpha value is 0.170. The number of methoxy groups -OCH3 is 1. The maximum Gasteiger partial charge on any atom is 0.212 e. The fourth-order valence-electron chi connectivity index (χ4n) is 0.324. The number of ether oxygens (including phenoxy) is 1. The molecule has 0 bridgehead atoms. The summed E-state index contributed by atoms with van der Waals surface area (Å²) in [6.07, 6.45) is 0. The van der Waals surface area contributed by atoms with Crippen molar-refractivity contribution in [3.05, 3.63) is 0 Å². The minimum Gasteiger partial charge on any atom is -0.350 e. The molecule has 0 aliphatic heterocycles. The number of hydrogen-bond donors (Lipinski definition) is 0. The molecule has 0 heterocycles. The molecule has 0 N–H and O–H groups in total. The van der Waals surface area contributed by atoms with Gasteiger partial charge in [0.1, 0.15) is 0 Å². The summed E-state index contributed by atoms with van der Waals surface area (Å²) in [4.78, 5) is 10.1. The number of rotatable bonds is 4. The first kappa shape index (κ1) is 12.2. The number of halogens is 1. The van der Waals surface area contributed by atoms with E-state index in [9.17, 15) is 0 Å². The van der Waals surface area contributed by atoms with Gasteiger partial charge in [-0.2, -0.15) is 4.89 Å². The van der Waals surface area contributed by atoms with Crippen molar-refractivity contribution in [2.24, 2.45) is 0 Å². The molecule has 1 atom stereocenters. The van der Waals surface area contributed by atoms with Gasteiger partial charge in [0, 0.05) is 7.11 Å². The van der Waals surface area contributed by atoms with Crippen LogP contribution in [-0.4, -0.2) is 24.4 Å². The van der Waals surface area contributed by atoms with Crippen molar-refractivity contribution < 1.29 is 14.5 Å². The molecule has 3 nitrogen and oxygen atoms in total. The van der Waals surface area contributed by atoms with E-state index < -0.39 is 5.79 Å². The van der Waals surface area contributed by atoms with Crippen LogP contribution >= 0.6 is 11.6 Å². The van der Waals surface area contributed by atoms with E-state index in [1.54, 1.807) is 6.92 Å². The van der Waals surface area contributed by atoms with Gasteiger partial charge in [-0.05, 0) is 27.7 Å². The lowest BCUT2D eigenvalue weighted by molar-refractivity contribution is -0.444. The van der Waals surface area contributed by atoms with Gasteiger partial charge in [0.25, 0.3) is 0 Å². The summed E-state index contributed by atoms with van der Waals surface area (Å²) in [6.45, 7) is 7.37. The van der Waals surface area contributed by atoms with Crippen LogP contribution in [0.2, 0.25) is 0 Å². The highest BCUT2D eigenvalue weighted by Gasteiger charge is 2.27. The van der Waals surface area contributed by atoms with Crippen molar-refractivity contribution in [1.29, 1.82) is 0 Å². The van der Waals surface area contributed by atoms with Crippen LogP contribution in [0.3, 0.4) is 0 Å². The van der Waals surface area contributed by atoms with Gasteiger partial charge in [0.2, 0.25) is 5.79 Å². The van der Waals surface area contributed by atoms with Crippen molar-refractivity contribution >= 4 is 11.6 Å². The van der Waals surface area contributed by atoms with E-state index in [1.807, 2.05) is 20.8 Å². The van der Waals surface area contributed by atoms with Gasteiger partial charge in [-0.15, -0.1) is 11.6 Å². The van der Waals surface area contributed by atoms with Crippen LogP contribution in [-0.2, 0) is 14.5 Å². The Balaban J connectivity index is 3.89. The molecule has 0 aliphatic carbocycles. The quantitative estimate of drug-likeness (QED) is 0.299. The Morgan fingerprint density at radius 3 is 1.83 bits per heavy atom. The van der Waals surface area contributed by atoms with Crippen LogP contribution in [0.1, 0.15) is 27.7 Å². The van der Waals surface area contributed by atoms with Gasteiger partial charge in [0.05, 0.1) is 11.5 Å². The van der Waals surface area contributed by atoms with E-state index in [-0.39, 0.29) is 11.5 Å². The highest BCUT2D eigenvalue weighted by atomic mass is 35.5. The molecule has 4 heteroatoms. The third-order valence-electron chi connectivity index (χ3n) is 1.14. The van der Waals surface area contributed by atoms with Crippen LogP contribution in [0.25, 0.3) is 0 Å². The molecule has 0 saturated heterocycles. The lowest BCUT2D eigenvalue weighted by Gasteiger charge is -2.28. The summed E-state index contributed by atoms with van der Waals surface area (Å²) >= 11 is 5.61. The lowest BCUT2D eigenvalue weighted by atomic mass is 10.2. The van der Waals surface area contributed by atoms with Crippen molar-refractivity contribution in [2.45, 2.75) is 39.1 Å². The average molecular weight is 197 g/mol. The van der Waals surface area contributed by atoms with E-state index in [1.165, 1.54) is 7.11 Å². The second-order valence-electron chi connectivity index (χ2n) is 3.75. The number of alkyl halides is 1. The molecule has 0 amide bonds. The van der Waals surface area contributed by atoms with Crippen LogP contribution in [0.4, 0.5) is 0 Å². The molecule has 0 rings (SSSR count). The van der Waals surface area contributed by atoms with Crippen LogP contribution < -0.4 is 0 Å². The van der Waals surface area contributed by atoms with Crippen molar-refractivity contribution in [3.63, 3.8) is 0 Å². The molecular weight excluding hydrogens is 180 g/mol. The van der Waals surface area contributed by atoms with E-state index in [0.29, 0.717) is 0 Å². The van der Waals surface area contributed by atoms with E-state index >= 15 is 0 Å². The van der Waals surface area contributed by atoms with Gasteiger partial charge in [0.15, 0.2) is 0 Å². The second kappa shape index (κ2) is 4.42. The van der Waals surface area contributed by atoms with Crippen molar-refractivity contribution in [2.75, 3.05) is 13.0 Å². The first-order valence-electron chi connectivity index (χ1n) is 3.81. The maximum absolute atomic E-state index is 5.61. The highest BCUT2D eigenvalue weighted by Crippen LogP contribution is 2.18. The molecule has 0 aromatic carbocycles. The van der Waals surface area contributed by atoms with Crippen molar-refractivity contribution in [1.82, 2.24) is 0 Å². The molecule has 12 heavy (non-hydrogen) atoms. The molecular formula is C8H17ClO3. The van der Waals surface area contributed by atoms with Gasteiger partial charge >= 0.3 is 0 Å². The predicted octanol–water partition coefficient (Wildman–Crippen LogP) is 2.33. The Kier molecular flexibility index (Phi) is 4.48. The monoisotopic (exact) mass is 196 g/mol. The molecule has 74 valence electrons. The van der Waals surface area contributed by atoms with Gasteiger partial charge in [-0.1, -0.05) is 0 Å². The second-order valence-corrected chi connectivity index (χ2v) is 4.02. The molecule has 0 spiro atoms. The molecule has 0 aliphatic rings. The average Bonchev–Trinajstić information content (AvgIpc) is 1.99. The van der Waals surface area contributed by atoms with Gasteiger partial charge in [-0.25, -0.2) is 4.89 Å². The number of hydrogen-bond acceptors (Lipinski definition) is 3. The maximum atomic E-state index is 5.61. The van der Waals surface area contributed by atoms with Crippen LogP contribution in [0, 0.1) is 0 Å². The summed E-state index contributed by atoms with van der Waals surface area (Å²) in [5, 5.41) is 0. The third kappa shape index (κ3) is 4.93. The fraction of sp³-hybridized carbons (Fsp3) is 1.00. The first-order valence-corrected chi connectivity index (χ1v) is 4.34. The summed E-state index contributed by atoms with van der Waals surface area (Å²) in [5.74, 6) is -0.644. The molecule has 0 radical (unpaired) electrons. The predicted molar refractivity (Wildman–Crippen MR) is 48.1 cm³/mol. The normalized spacial score (nSPS) is 17.5. The van der Waals surface area contributed by atoms with Crippen LogP contribution in [0.5, 0.6) is 0 Å². The fourth-order valence-corrected chi connectivity index (χ4v) is 0.478. The molecule has 0 aromatic heterocycles. The zero-order chi connectivity index (χ0) is 9.83. The topological polar surface area (TPSA) is 27.7 Å². The minimum absolute atomic E-state index is 0.222. The summed E-state index contributed by atoms with van der Waals surface area (Å²) in [6, 6.07) is 0. The van der Waals surface area contributed by atoms with E-state index in [4.69, 9.17) is 26.1 Å². The highest BCUT2D eigenvalue weighted by molar-refractivity contribution is 6.18. The van der Waals surface area contributed by atoms with Gasteiger partial charge < -0.3 is 4.74 Å². The minimum atomic E-state index is -0.866. The largest absolute Gasteiger partial charge is 0.350 e. The molecule has 0 aromatic rings. The molecule has 0 fully saturated rings. The van der Waals surface area contributed by atoms with Crippen LogP contribution in [0.15, 0.2) is 0 Å². The van der Waals surface area contributed by atoms with Gasteiger partial charge in [-0.3, -0.25) is 0 Å². The molecule has 1 unspecified atom stereocenters. The first-order chi connectivity index (χ1) is 5.33. The Morgan fingerprint density at radius 1 is 1.08 bits per heavy atom.